The quantitative estimate of drug-likeness (QED) is 0.0614. The van der Waals surface area contributed by atoms with Crippen LogP contribution >= 0.6 is 0 Å². The number of rotatable bonds is 43. The van der Waals surface area contributed by atoms with Gasteiger partial charge in [0.15, 0.2) is 0 Å². The van der Waals surface area contributed by atoms with Gasteiger partial charge in [0.1, 0.15) is 12.4 Å². The van der Waals surface area contributed by atoms with Crippen molar-refractivity contribution >= 4 is 5.69 Å². The van der Waals surface area contributed by atoms with Crippen LogP contribution in [-0.2, 0) is 47.4 Å². The van der Waals surface area contributed by atoms with Crippen molar-refractivity contribution < 1.29 is 52.1 Å². The molecule has 0 aliphatic rings. The van der Waals surface area contributed by atoms with Crippen molar-refractivity contribution in [2.75, 3.05) is 144 Å². The highest BCUT2D eigenvalue weighted by Gasteiger charge is 1.99. The van der Waals surface area contributed by atoms with Gasteiger partial charge in [0.2, 0.25) is 0 Å². The van der Waals surface area contributed by atoms with Gasteiger partial charge in [-0.3, -0.25) is 0 Å². The zero-order chi connectivity index (χ0) is 36.4. The first-order valence-corrected chi connectivity index (χ1v) is 19.6. The van der Waals surface area contributed by atoms with E-state index in [9.17, 15) is 0 Å². The molecule has 0 saturated carbocycles. The molecule has 0 amide bonds. The van der Waals surface area contributed by atoms with E-state index in [-0.39, 0.29) is 0 Å². The van der Waals surface area contributed by atoms with E-state index in [4.69, 9.17) is 57.8 Å². The maximum absolute atomic E-state index is 5.83. The maximum atomic E-state index is 5.83. The molecule has 0 aromatic heterocycles. The van der Waals surface area contributed by atoms with E-state index in [1.54, 1.807) is 6.07 Å². The monoisotopic (exact) mass is 732 g/mol. The Morgan fingerprint density at radius 2 is 0.608 bits per heavy atom. The number of para-hydroxylation sites is 2. The first-order chi connectivity index (χ1) is 25.3. The minimum absolute atomic E-state index is 0.441. The summed E-state index contributed by atoms with van der Waals surface area (Å²) in [6.45, 7) is 13.6. The molecule has 0 heterocycles. The summed E-state index contributed by atoms with van der Waals surface area (Å²) in [5.74, 6) is 0.672. The lowest BCUT2D eigenvalue weighted by Gasteiger charge is -2.09. The van der Waals surface area contributed by atoms with Crippen molar-refractivity contribution in [1.29, 1.82) is 0 Å². The van der Waals surface area contributed by atoms with Gasteiger partial charge in [-0.15, -0.1) is 0 Å². The Morgan fingerprint density at radius 1 is 0.333 bits per heavy atom. The average Bonchev–Trinajstić information content (AvgIpc) is 3.14. The summed E-state index contributed by atoms with van der Waals surface area (Å²) in [7, 11) is 0. The van der Waals surface area contributed by atoms with Crippen LogP contribution in [0, 0.1) is 0 Å². The molecule has 1 rings (SSSR count). The van der Waals surface area contributed by atoms with Crippen LogP contribution in [0.5, 0.6) is 5.75 Å². The van der Waals surface area contributed by atoms with E-state index in [1.165, 1.54) is 64.2 Å². The SMILES string of the molecule is CCCCCCCCCCCCCOCCOCCOCCOCCOCCOCCOCCOCCOCCOCCOc1ccccc1N. The molecule has 0 radical (unpaired) electrons. The fraction of sp³-hybridized carbons (Fsp3) is 0.846. The number of unbranched alkanes of at least 4 members (excludes halogenated alkanes) is 10. The van der Waals surface area contributed by atoms with Gasteiger partial charge < -0.3 is 57.8 Å². The third kappa shape index (κ3) is 36.6. The van der Waals surface area contributed by atoms with Gasteiger partial charge in [-0.2, -0.15) is 0 Å². The first-order valence-electron chi connectivity index (χ1n) is 19.6. The second-order valence-corrected chi connectivity index (χ2v) is 12.0. The number of hydrogen-bond acceptors (Lipinski definition) is 12. The second-order valence-electron chi connectivity index (χ2n) is 12.0. The lowest BCUT2D eigenvalue weighted by Crippen LogP contribution is -2.15. The number of nitrogens with two attached hydrogens (primary N) is 1. The molecule has 0 atom stereocenters. The number of ether oxygens (including phenoxy) is 11. The predicted octanol–water partition coefficient (Wildman–Crippen LogP) is 6.12. The molecule has 0 saturated heterocycles. The van der Waals surface area contributed by atoms with Crippen LogP contribution in [0.4, 0.5) is 5.69 Å². The summed E-state index contributed by atoms with van der Waals surface area (Å²) in [6, 6.07) is 7.39. The van der Waals surface area contributed by atoms with Crippen LogP contribution in [0.25, 0.3) is 0 Å². The van der Waals surface area contributed by atoms with Crippen LogP contribution in [0.3, 0.4) is 0 Å². The van der Waals surface area contributed by atoms with Crippen molar-refractivity contribution in [2.45, 2.75) is 77.6 Å². The number of nitrogen functional groups attached to an aromatic ring is 1. The van der Waals surface area contributed by atoms with Crippen LogP contribution in [0.1, 0.15) is 77.6 Å². The van der Waals surface area contributed by atoms with Gasteiger partial charge in [-0.25, -0.2) is 0 Å². The van der Waals surface area contributed by atoms with E-state index < -0.39 is 0 Å². The topological polar surface area (TPSA) is 128 Å². The Hall–Kier alpha value is -1.58. The largest absolute Gasteiger partial charge is 0.489 e. The smallest absolute Gasteiger partial charge is 0.142 e. The van der Waals surface area contributed by atoms with Crippen LogP contribution < -0.4 is 10.5 Å². The van der Waals surface area contributed by atoms with Gasteiger partial charge >= 0.3 is 0 Å². The molecule has 2 N–H and O–H groups in total. The Bertz CT molecular complexity index is 808. The molecule has 0 fully saturated rings. The van der Waals surface area contributed by atoms with Crippen molar-refractivity contribution in [3.8, 4) is 5.75 Å². The molecule has 0 unspecified atom stereocenters. The molecule has 51 heavy (non-hydrogen) atoms. The standard InChI is InChI=1S/C39H73NO11/c1-2-3-4-5-6-7-8-9-10-11-14-17-41-18-19-42-20-21-43-22-23-44-24-25-45-26-27-46-28-29-47-30-31-48-32-33-49-34-35-50-36-37-51-39-16-13-12-15-38(39)40/h12-13,15-16H,2-11,14,17-37,40H2,1H3. The Morgan fingerprint density at radius 3 is 0.941 bits per heavy atom. The molecular formula is C39H73NO11. The van der Waals surface area contributed by atoms with Crippen LogP contribution in [0.2, 0.25) is 0 Å². The summed E-state index contributed by atoms with van der Waals surface area (Å²) in [4.78, 5) is 0. The molecule has 0 aliphatic heterocycles. The van der Waals surface area contributed by atoms with Gasteiger partial charge in [0.05, 0.1) is 131 Å². The Kier molecular flexibility index (Phi) is 38.3. The zero-order valence-electron chi connectivity index (χ0n) is 32.0. The first kappa shape index (κ1) is 47.4. The summed E-state index contributed by atoms with van der Waals surface area (Å²) in [6.07, 6.45) is 14.9. The van der Waals surface area contributed by atoms with Gasteiger partial charge in [-0.05, 0) is 18.6 Å². The molecule has 0 bridgehead atoms. The van der Waals surface area contributed by atoms with E-state index >= 15 is 0 Å². The lowest BCUT2D eigenvalue weighted by molar-refractivity contribution is -0.0267. The predicted molar refractivity (Wildman–Crippen MR) is 201 cm³/mol. The minimum atomic E-state index is 0.441. The van der Waals surface area contributed by atoms with Gasteiger partial charge in [0, 0.05) is 6.61 Å². The molecule has 300 valence electrons. The van der Waals surface area contributed by atoms with E-state index in [0.717, 1.165) is 13.0 Å². The molecule has 1 aromatic rings. The van der Waals surface area contributed by atoms with Gasteiger partial charge in [0.25, 0.3) is 0 Å². The maximum Gasteiger partial charge on any atom is 0.142 e. The number of benzene rings is 1. The normalized spacial score (nSPS) is 11.5. The Labute approximate surface area is 309 Å². The van der Waals surface area contributed by atoms with Crippen molar-refractivity contribution in [1.82, 2.24) is 0 Å². The molecule has 0 spiro atoms. The molecule has 1 aromatic carbocycles. The highest BCUT2D eigenvalue weighted by Crippen LogP contribution is 2.19. The van der Waals surface area contributed by atoms with Gasteiger partial charge in [-0.1, -0.05) is 83.3 Å². The summed E-state index contributed by atoms with van der Waals surface area (Å²) in [5.41, 5.74) is 6.45. The fourth-order valence-corrected chi connectivity index (χ4v) is 4.77. The molecule has 12 heteroatoms. The average molecular weight is 732 g/mol. The summed E-state index contributed by atoms with van der Waals surface area (Å²) < 4.78 is 60.8. The zero-order valence-corrected chi connectivity index (χ0v) is 32.0. The summed E-state index contributed by atoms with van der Waals surface area (Å²) in [5, 5.41) is 0. The van der Waals surface area contributed by atoms with Crippen LogP contribution in [0.15, 0.2) is 24.3 Å². The van der Waals surface area contributed by atoms with Crippen LogP contribution in [-0.4, -0.2) is 139 Å². The second kappa shape index (κ2) is 41.2. The van der Waals surface area contributed by atoms with E-state index in [2.05, 4.69) is 6.92 Å². The van der Waals surface area contributed by atoms with E-state index in [0.29, 0.717) is 144 Å². The fourth-order valence-electron chi connectivity index (χ4n) is 4.77. The molecular weight excluding hydrogens is 658 g/mol. The highest BCUT2D eigenvalue weighted by atomic mass is 16.6. The molecule has 12 nitrogen and oxygen atoms in total. The lowest BCUT2D eigenvalue weighted by atomic mass is 10.1. The van der Waals surface area contributed by atoms with Crippen molar-refractivity contribution in [3.05, 3.63) is 24.3 Å². The Balaban J connectivity index is 1.61. The number of hydrogen-bond donors (Lipinski definition) is 1. The number of anilines is 1. The highest BCUT2D eigenvalue weighted by molar-refractivity contribution is 5.51. The van der Waals surface area contributed by atoms with Crippen molar-refractivity contribution in [3.63, 3.8) is 0 Å². The van der Waals surface area contributed by atoms with Crippen molar-refractivity contribution in [2.24, 2.45) is 0 Å². The van der Waals surface area contributed by atoms with E-state index in [1.807, 2.05) is 18.2 Å². The summed E-state index contributed by atoms with van der Waals surface area (Å²) >= 11 is 0. The third-order valence-corrected chi connectivity index (χ3v) is 7.64. The minimum Gasteiger partial charge on any atom is -0.489 e. The third-order valence-electron chi connectivity index (χ3n) is 7.64. The molecule has 0 aliphatic carbocycles.